The van der Waals surface area contributed by atoms with Crippen molar-refractivity contribution in [2.75, 3.05) is 18.5 Å². The van der Waals surface area contributed by atoms with Gasteiger partial charge in [-0.25, -0.2) is 0 Å². The van der Waals surface area contributed by atoms with Crippen molar-refractivity contribution < 1.29 is 14.3 Å². The van der Waals surface area contributed by atoms with Crippen molar-refractivity contribution in [3.05, 3.63) is 24.3 Å². The Labute approximate surface area is 139 Å². The monoisotopic (exact) mass is 319 g/mol. The van der Waals surface area contributed by atoms with Crippen LogP contribution in [0.15, 0.2) is 24.3 Å². The van der Waals surface area contributed by atoms with Crippen LogP contribution in [-0.2, 0) is 9.53 Å². The van der Waals surface area contributed by atoms with Crippen LogP contribution in [-0.4, -0.2) is 24.7 Å². The zero-order valence-corrected chi connectivity index (χ0v) is 14.6. The summed E-state index contributed by atoms with van der Waals surface area (Å²) in [5, 5.41) is 3.03. The molecule has 1 saturated carbocycles. The van der Waals surface area contributed by atoms with Gasteiger partial charge in [-0.3, -0.25) is 4.79 Å². The second-order valence-corrected chi connectivity index (χ2v) is 6.46. The van der Waals surface area contributed by atoms with Gasteiger partial charge in [-0.2, -0.15) is 0 Å². The zero-order valence-electron chi connectivity index (χ0n) is 14.6. The molecule has 0 bridgehead atoms. The van der Waals surface area contributed by atoms with E-state index in [0.717, 1.165) is 37.1 Å². The van der Waals surface area contributed by atoms with E-state index in [1.165, 1.54) is 6.42 Å². The second kappa shape index (κ2) is 8.34. The Morgan fingerprint density at radius 3 is 2.65 bits per heavy atom. The van der Waals surface area contributed by atoms with E-state index in [-0.39, 0.29) is 5.91 Å². The predicted molar refractivity (Wildman–Crippen MR) is 92.8 cm³/mol. The molecule has 1 aromatic rings. The third-order valence-corrected chi connectivity index (χ3v) is 4.38. The summed E-state index contributed by atoms with van der Waals surface area (Å²) in [5.41, 5.74) is 0.114. The highest BCUT2D eigenvalue weighted by atomic mass is 16.5. The Morgan fingerprint density at radius 2 is 2.04 bits per heavy atom. The van der Waals surface area contributed by atoms with Crippen LogP contribution in [0.2, 0.25) is 0 Å². The summed E-state index contributed by atoms with van der Waals surface area (Å²) in [5.74, 6) is 1.32. The van der Waals surface area contributed by atoms with Crippen molar-refractivity contribution in [3.63, 3.8) is 0 Å². The van der Waals surface area contributed by atoms with Gasteiger partial charge in [0.2, 0.25) is 0 Å². The summed E-state index contributed by atoms with van der Waals surface area (Å²) in [4.78, 5) is 12.9. The Bertz CT molecular complexity index is 500. The first-order valence-corrected chi connectivity index (χ1v) is 8.78. The van der Waals surface area contributed by atoms with Gasteiger partial charge in [0.05, 0.1) is 6.61 Å². The molecule has 1 amide bonds. The van der Waals surface area contributed by atoms with Gasteiger partial charge in [0.25, 0.3) is 5.91 Å². The van der Waals surface area contributed by atoms with Crippen molar-refractivity contribution in [2.24, 2.45) is 5.92 Å². The van der Waals surface area contributed by atoms with E-state index in [2.05, 4.69) is 19.2 Å². The summed E-state index contributed by atoms with van der Waals surface area (Å²) < 4.78 is 11.5. The minimum atomic E-state index is -0.674. The Hall–Kier alpha value is -1.55. The number of benzene rings is 1. The van der Waals surface area contributed by atoms with Crippen molar-refractivity contribution in [3.8, 4) is 5.75 Å². The van der Waals surface area contributed by atoms with E-state index in [0.29, 0.717) is 19.1 Å². The molecular weight excluding hydrogens is 290 g/mol. The predicted octanol–water partition coefficient (Wildman–Crippen LogP) is 4.40. The largest absolute Gasteiger partial charge is 0.494 e. The highest BCUT2D eigenvalue weighted by molar-refractivity contribution is 5.97. The van der Waals surface area contributed by atoms with Crippen LogP contribution >= 0.6 is 0 Å². The molecule has 1 aliphatic carbocycles. The van der Waals surface area contributed by atoms with Gasteiger partial charge in [-0.1, -0.05) is 20.3 Å². The maximum atomic E-state index is 12.9. The molecular formula is C19H29NO3. The number of ether oxygens (including phenoxy) is 2. The molecule has 0 aliphatic heterocycles. The summed E-state index contributed by atoms with van der Waals surface area (Å²) in [6, 6.07) is 7.51. The molecule has 0 radical (unpaired) electrons. The molecule has 1 fully saturated rings. The van der Waals surface area contributed by atoms with Crippen LogP contribution in [0, 0.1) is 5.92 Å². The molecule has 4 nitrogen and oxygen atoms in total. The van der Waals surface area contributed by atoms with E-state index < -0.39 is 5.60 Å². The minimum absolute atomic E-state index is 0.0124. The molecule has 1 aliphatic rings. The molecule has 2 rings (SSSR count). The van der Waals surface area contributed by atoms with Crippen LogP contribution in [0.25, 0.3) is 0 Å². The van der Waals surface area contributed by atoms with Crippen LogP contribution in [0.5, 0.6) is 5.75 Å². The van der Waals surface area contributed by atoms with E-state index >= 15 is 0 Å². The number of amides is 1. The van der Waals surface area contributed by atoms with E-state index in [9.17, 15) is 4.79 Å². The van der Waals surface area contributed by atoms with Gasteiger partial charge >= 0.3 is 0 Å². The lowest BCUT2D eigenvalue weighted by Gasteiger charge is -2.38. The average Bonchev–Trinajstić information content (AvgIpc) is 2.55. The van der Waals surface area contributed by atoms with Gasteiger partial charge in [0, 0.05) is 12.3 Å². The number of carbonyl (C=O) groups is 1. The number of anilines is 1. The summed E-state index contributed by atoms with van der Waals surface area (Å²) in [7, 11) is 0. The lowest BCUT2D eigenvalue weighted by atomic mass is 9.78. The van der Waals surface area contributed by atoms with Crippen molar-refractivity contribution in [2.45, 2.75) is 58.5 Å². The molecule has 1 N–H and O–H groups in total. The quantitative estimate of drug-likeness (QED) is 0.810. The number of hydrogen-bond acceptors (Lipinski definition) is 3. The topological polar surface area (TPSA) is 47.6 Å². The molecule has 1 aromatic carbocycles. The van der Waals surface area contributed by atoms with Crippen LogP contribution < -0.4 is 10.1 Å². The number of rotatable bonds is 7. The summed E-state index contributed by atoms with van der Waals surface area (Å²) in [6.45, 7) is 7.49. The number of hydrogen-bond donors (Lipinski definition) is 1. The van der Waals surface area contributed by atoms with Crippen molar-refractivity contribution in [1.29, 1.82) is 0 Å². The van der Waals surface area contributed by atoms with E-state index in [1.807, 2.05) is 31.2 Å². The minimum Gasteiger partial charge on any atom is -0.494 e. The zero-order chi connectivity index (χ0) is 16.7. The van der Waals surface area contributed by atoms with Gasteiger partial charge in [-0.05, 0) is 62.8 Å². The molecule has 128 valence electrons. The third kappa shape index (κ3) is 4.71. The fourth-order valence-electron chi connectivity index (χ4n) is 3.25. The van der Waals surface area contributed by atoms with Crippen LogP contribution in [0.4, 0.5) is 5.69 Å². The maximum Gasteiger partial charge on any atom is 0.256 e. The summed E-state index contributed by atoms with van der Waals surface area (Å²) >= 11 is 0. The van der Waals surface area contributed by atoms with E-state index in [4.69, 9.17) is 9.47 Å². The highest BCUT2D eigenvalue weighted by Gasteiger charge is 2.42. The molecule has 0 unspecified atom stereocenters. The van der Waals surface area contributed by atoms with Gasteiger partial charge < -0.3 is 14.8 Å². The lowest BCUT2D eigenvalue weighted by molar-refractivity contribution is -0.148. The molecule has 0 spiro atoms. The Kier molecular flexibility index (Phi) is 6.46. The molecule has 0 heterocycles. The second-order valence-electron chi connectivity index (χ2n) is 6.46. The van der Waals surface area contributed by atoms with Gasteiger partial charge in [-0.15, -0.1) is 0 Å². The number of nitrogens with one attached hydrogen (secondary N) is 1. The first-order valence-electron chi connectivity index (χ1n) is 8.78. The lowest BCUT2D eigenvalue weighted by Crippen LogP contribution is -2.48. The van der Waals surface area contributed by atoms with Gasteiger partial charge in [0.15, 0.2) is 0 Å². The van der Waals surface area contributed by atoms with E-state index in [1.54, 1.807) is 0 Å². The van der Waals surface area contributed by atoms with Crippen molar-refractivity contribution >= 4 is 11.6 Å². The van der Waals surface area contributed by atoms with Crippen molar-refractivity contribution in [1.82, 2.24) is 0 Å². The number of carbonyl (C=O) groups excluding carboxylic acids is 1. The van der Waals surface area contributed by atoms with Gasteiger partial charge in [0.1, 0.15) is 11.4 Å². The summed E-state index contributed by atoms with van der Waals surface area (Å²) in [6.07, 6.45) is 4.75. The van der Waals surface area contributed by atoms with Crippen LogP contribution in [0.1, 0.15) is 52.9 Å². The van der Waals surface area contributed by atoms with Crippen LogP contribution in [0.3, 0.4) is 0 Å². The normalized spacial score (nSPS) is 24.2. The Balaban J connectivity index is 2.07. The molecule has 0 aromatic heterocycles. The molecule has 23 heavy (non-hydrogen) atoms. The fraction of sp³-hybridized carbons (Fsp3) is 0.632. The molecule has 2 atom stereocenters. The average molecular weight is 319 g/mol. The fourth-order valence-corrected chi connectivity index (χ4v) is 3.25. The highest BCUT2D eigenvalue weighted by Crippen LogP contribution is 2.36. The smallest absolute Gasteiger partial charge is 0.256 e. The molecule has 0 saturated heterocycles. The maximum absolute atomic E-state index is 12.9. The molecule has 4 heteroatoms. The third-order valence-electron chi connectivity index (χ3n) is 4.38. The Morgan fingerprint density at radius 1 is 1.30 bits per heavy atom. The first-order chi connectivity index (χ1) is 11.1. The standard InChI is InChI=1S/C19H29NO3/c1-4-13-23-19(12-6-7-15(3)14-19)18(21)20-16-8-10-17(11-9-16)22-5-2/h8-11,15H,4-7,12-14H2,1-3H3,(H,20,21)/t15-,19+/m0/s1. The SMILES string of the molecule is CCCO[C@]1(C(=O)Nc2ccc(OCC)cc2)CCC[C@H](C)C1. The first kappa shape index (κ1) is 17.8.